The first-order valence-electron chi connectivity index (χ1n) is 9.89. The van der Waals surface area contributed by atoms with Crippen molar-refractivity contribution in [2.45, 2.75) is 26.0 Å². The molecule has 0 aromatic heterocycles. The van der Waals surface area contributed by atoms with Gasteiger partial charge < -0.3 is 14.4 Å². The van der Waals surface area contributed by atoms with E-state index >= 15 is 0 Å². The number of ether oxygens (including phenoxy) is 2. The molecule has 0 aliphatic carbocycles. The largest absolute Gasteiger partial charge is 0.493 e. The predicted octanol–water partition coefficient (Wildman–Crippen LogP) is 3.37. The summed E-state index contributed by atoms with van der Waals surface area (Å²) in [5, 5.41) is 1.83. The Labute approximate surface area is 184 Å². The van der Waals surface area contributed by atoms with Crippen molar-refractivity contribution >= 4 is 34.9 Å². The van der Waals surface area contributed by atoms with Crippen molar-refractivity contribution in [3.8, 4) is 11.5 Å². The summed E-state index contributed by atoms with van der Waals surface area (Å²) in [6.07, 6.45) is 1.75. The summed E-state index contributed by atoms with van der Waals surface area (Å²) >= 11 is 0.851. The molecule has 7 nitrogen and oxygen atoms in total. The molecule has 1 atom stereocenters. The van der Waals surface area contributed by atoms with E-state index in [4.69, 9.17) is 9.47 Å². The van der Waals surface area contributed by atoms with E-state index in [-0.39, 0.29) is 5.91 Å². The molecule has 2 aromatic rings. The van der Waals surface area contributed by atoms with Crippen LogP contribution < -0.4 is 14.8 Å². The van der Waals surface area contributed by atoms with Gasteiger partial charge in [-0.1, -0.05) is 30.3 Å². The van der Waals surface area contributed by atoms with Crippen LogP contribution in [-0.4, -0.2) is 41.7 Å². The van der Waals surface area contributed by atoms with Crippen molar-refractivity contribution in [2.75, 3.05) is 13.7 Å². The first-order chi connectivity index (χ1) is 14.9. The van der Waals surface area contributed by atoms with E-state index in [1.165, 1.54) is 12.7 Å². The summed E-state index contributed by atoms with van der Waals surface area (Å²) in [7, 11) is 1.51. The molecular formula is C23H22N2O5S. The maximum atomic E-state index is 12.9. The van der Waals surface area contributed by atoms with Crippen molar-refractivity contribution in [2.24, 2.45) is 0 Å². The van der Waals surface area contributed by atoms with E-state index in [9.17, 15) is 14.4 Å². The Balaban J connectivity index is 1.46. The SMILES string of the molecule is COc1cc(/C=C2\SC(=O)NC2=O)ccc1O[C@@H](C)C(=O)N1CCc2ccccc2C1. The van der Waals surface area contributed by atoms with Crippen molar-refractivity contribution in [3.63, 3.8) is 0 Å². The first-order valence-corrected chi connectivity index (χ1v) is 10.7. The average Bonchev–Trinajstić information content (AvgIpc) is 3.10. The molecule has 8 heteroatoms. The van der Waals surface area contributed by atoms with Gasteiger partial charge in [-0.25, -0.2) is 0 Å². The highest BCUT2D eigenvalue weighted by Crippen LogP contribution is 2.32. The molecule has 2 aromatic carbocycles. The fraction of sp³-hybridized carbons (Fsp3) is 0.261. The van der Waals surface area contributed by atoms with Crippen LogP contribution in [-0.2, 0) is 22.6 Å². The zero-order chi connectivity index (χ0) is 22.0. The van der Waals surface area contributed by atoms with Gasteiger partial charge in [0.15, 0.2) is 17.6 Å². The number of imide groups is 1. The number of methoxy groups -OCH3 is 1. The van der Waals surface area contributed by atoms with Gasteiger partial charge in [0, 0.05) is 13.1 Å². The third-order valence-corrected chi connectivity index (χ3v) is 6.03. The molecule has 0 radical (unpaired) electrons. The van der Waals surface area contributed by atoms with Gasteiger partial charge in [-0.3, -0.25) is 19.7 Å². The second-order valence-electron chi connectivity index (χ2n) is 7.30. The number of thioether (sulfide) groups is 1. The van der Waals surface area contributed by atoms with Crippen LogP contribution in [0, 0.1) is 0 Å². The lowest BCUT2D eigenvalue weighted by Crippen LogP contribution is -2.43. The molecule has 31 heavy (non-hydrogen) atoms. The second kappa shape index (κ2) is 8.85. The van der Waals surface area contributed by atoms with E-state index in [1.807, 2.05) is 23.1 Å². The number of nitrogens with one attached hydrogen (secondary N) is 1. The number of carbonyl (C=O) groups is 3. The molecule has 1 saturated heterocycles. The maximum absolute atomic E-state index is 12.9. The summed E-state index contributed by atoms with van der Waals surface area (Å²) in [5.41, 5.74) is 3.13. The minimum Gasteiger partial charge on any atom is -0.493 e. The van der Waals surface area contributed by atoms with Crippen LogP contribution in [0.5, 0.6) is 11.5 Å². The molecule has 1 N–H and O–H groups in total. The van der Waals surface area contributed by atoms with Crippen LogP contribution in [0.25, 0.3) is 6.08 Å². The zero-order valence-electron chi connectivity index (χ0n) is 17.2. The smallest absolute Gasteiger partial charge is 0.290 e. The summed E-state index contributed by atoms with van der Waals surface area (Å²) in [4.78, 5) is 38.1. The number of benzene rings is 2. The van der Waals surface area contributed by atoms with Crippen LogP contribution in [0.15, 0.2) is 47.4 Å². The second-order valence-corrected chi connectivity index (χ2v) is 8.32. The third kappa shape index (κ3) is 4.59. The number of hydrogen-bond acceptors (Lipinski definition) is 6. The normalized spacial score (nSPS) is 17.9. The van der Waals surface area contributed by atoms with Crippen molar-refractivity contribution < 1.29 is 23.9 Å². The van der Waals surface area contributed by atoms with E-state index in [1.54, 1.807) is 31.2 Å². The fourth-order valence-electron chi connectivity index (χ4n) is 3.63. The van der Waals surface area contributed by atoms with E-state index in [0.717, 1.165) is 23.7 Å². The Morgan fingerprint density at radius 2 is 1.94 bits per heavy atom. The Bertz CT molecular complexity index is 1080. The molecule has 160 valence electrons. The average molecular weight is 439 g/mol. The lowest BCUT2D eigenvalue weighted by Gasteiger charge is -2.31. The molecule has 2 heterocycles. The van der Waals surface area contributed by atoms with Crippen LogP contribution in [0.1, 0.15) is 23.6 Å². The quantitative estimate of drug-likeness (QED) is 0.721. The van der Waals surface area contributed by atoms with Crippen LogP contribution in [0.2, 0.25) is 0 Å². The highest BCUT2D eigenvalue weighted by atomic mass is 32.2. The molecule has 2 aliphatic rings. The standard InChI is InChI=1S/C23H22N2O5S/c1-14(22(27)25-10-9-16-5-3-4-6-17(16)13-25)30-18-8-7-15(11-19(18)29-2)12-20-21(26)24-23(28)31-20/h3-8,11-12,14H,9-10,13H2,1-2H3,(H,24,26,28)/b20-12-/t14-/m0/s1. The van der Waals surface area contributed by atoms with E-state index < -0.39 is 17.3 Å². The number of amides is 3. The van der Waals surface area contributed by atoms with Gasteiger partial charge in [0.05, 0.1) is 12.0 Å². The topological polar surface area (TPSA) is 84.9 Å². The third-order valence-electron chi connectivity index (χ3n) is 5.22. The van der Waals surface area contributed by atoms with Crippen LogP contribution in [0.4, 0.5) is 4.79 Å². The Morgan fingerprint density at radius 1 is 1.16 bits per heavy atom. The number of hydrogen-bond donors (Lipinski definition) is 1. The Hall–Kier alpha value is -3.26. The molecule has 0 saturated carbocycles. The Kier molecular flexibility index (Phi) is 5.99. The molecule has 3 amide bonds. The van der Waals surface area contributed by atoms with Crippen molar-refractivity contribution in [3.05, 3.63) is 64.1 Å². The van der Waals surface area contributed by atoms with E-state index in [2.05, 4.69) is 11.4 Å². The van der Waals surface area contributed by atoms with Gasteiger partial charge in [0.25, 0.3) is 17.1 Å². The molecule has 0 unspecified atom stereocenters. The van der Waals surface area contributed by atoms with Gasteiger partial charge in [-0.15, -0.1) is 0 Å². The zero-order valence-corrected chi connectivity index (χ0v) is 18.0. The van der Waals surface area contributed by atoms with Crippen molar-refractivity contribution in [1.29, 1.82) is 0 Å². The van der Waals surface area contributed by atoms with Crippen molar-refractivity contribution in [1.82, 2.24) is 10.2 Å². The van der Waals surface area contributed by atoms with Gasteiger partial charge >= 0.3 is 0 Å². The molecule has 1 fully saturated rings. The predicted molar refractivity (Wildman–Crippen MR) is 118 cm³/mol. The van der Waals surface area contributed by atoms with Gasteiger partial charge in [0.1, 0.15) is 0 Å². The first kappa shape index (κ1) is 21.0. The lowest BCUT2D eigenvalue weighted by molar-refractivity contribution is -0.139. The van der Waals surface area contributed by atoms with E-state index in [0.29, 0.717) is 35.1 Å². The Morgan fingerprint density at radius 3 is 2.65 bits per heavy atom. The van der Waals surface area contributed by atoms with Gasteiger partial charge in [-0.05, 0) is 60.0 Å². The molecule has 4 rings (SSSR count). The summed E-state index contributed by atoms with van der Waals surface area (Å²) in [5.74, 6) is 0.368. The number of nitrogens with zero attached hydrogens (tertiary/aromatic N) is 1. The molecule has 0 bridgehead atoms. The fourth-order valence-corrected chi connectivity index (χ4v) is 4.31. The monoisotopic (exact) mass is 438 g/mol. The highest BCUT2D eigenvalue weighted by Gasteiger charge is 2.27. The highest BCUT2D eigenvalue weighted by molar-refractivity contribution is 8.18. The minimum absolute atomic E-state index is 0.0831. The summed E-state index contributed by atoms with van der Waals surface area (Å²) < 4.78 is 11.3. The number of fused-ring (bicyclic) bond motifs is 1. The molecule has 2 aliphatic heterocycles. The number of rotatable bonds is 5. The minimum atomic E-state index is -0.683. The van der Waals surface area contributed by atoms with Crippen LogP contribution >= 0.6 is 11.8 Å². The van der Waals surface area contributed by atoms with Gasteiger partial charge in [-0.2, -0.15) is 0 Å². The van der Waals surface area contributed by atoms with Crippen LogP contribution in [0.3, 0.4) is 0 Å². The summed E-state index contributed by atoms with van der Waals surface area (Å²) in [6.45, 7) is 2.96. The lowest BCUT2D eigenvalue weighted by atomic mass is 9.99. The van der Waals surface area contributed by atoms with Gasteiger partial charge in [0.2, 0.25) is 0 Å². The molecular weight excluding hydrogens is 416 g/mol. The number of carbonyl (C=O) groups excluding carboxylic acids is 3. The molecule has 0 spiro atoms. The summed E-state index contributed by atoms with van der Waals surface area (Å²) in [6, 6.07) is 13.3. The maximum Gasteiger partial charge on any atom is 0.290 e.